The van der Waals surface area contributed by atoms with Gasteiger partial charge in [0, 0.05) is 25.1 Å². The molecular formula is C26H30N4O3. The van der Waals surface area contributed by atoms with Crippen LogP contribution in [0, 0.1) is 5.92 Å². The molecule has 0 radical (unpaired) electrons. The summed E-state index contributed by atoms with van der Waals surface area (Å²) in [6.45, 7) is 3.89. The number of nitrogens with zero attached hydrogens (tertiary/aromatic N) is 3. The summed E-state index contributed by atoms with van der Waals surface area (Å²) < 4.78 is 6.67. The molecule has 0 aliphatic carbocycles. The van der Waals surface area contributed by atoms with Crippen LogP contribution < -0.4 is 20.5 Å². The van der Waals surface area contributed by atoms with E-state index in [1.165, 1.54) is 4.68 Å². The largest absolute Gasteiger partial charge is 0.497 e. The number of hydrogen-bond donors (Lipinski definition) is 1. The van der Waals surface area contributed by atoms with Gasteiger partial charge in [0.15, 0.2) is 0 Å². The Morgan fingerprint density at radius 1 is 1.12 bits per heavy atom. The van der Waals surface area contributed by atoms with Crippen molar-refractivity contribution in [1.82, 2.24) is 15.1 Å². The zero-order chi connectivity index (χ0) is 23.2. The minimum atomic E-state index is -0.121. The van der Waals surface area contributed by atoms with Crippen LogP contribution in [0.25, 0.3) is 0 Å². The van der Waals surface area contributed by atoms with Crippen LogP contribution in [-0.4, -0.2) is 35.9 Å². The average Bonchev–Trinajstić information content (AvgIpc) is 2.86. The lowest BCUT2D eigenvalue weighted by atomic mass is 9.95. The van der Waals surface area contributed by atoms with Gasteiger partial charge < -0.3 is 15.0 Å². The Morgan fingerprint density at radius 3 is 2.45 bits per heavy atom. The van der Waals surface area contributed by atoms with E-state index in [0.29, 0.717) is 6.54 Å². The molecule has 1 aliphatic rings. The maximum absolute atomic E-state index is 12.8. The van der Waals surface area contributed by atoms with Gasteiger partial charge in [0.2, 0.25) is 5.91 Å². The summed E-state index contributed by atoms with van der Waals surface area (Å²) in [6.07, 6.45) is 3.24. The quantitative estimate of drug-likeness (QED) is 0.602. The second-order valence-corrected chi connectivity index (χ2v) is 8.46. The summed E-state index contributed by atoms with van der Waals surface area (Å²) in [5.74, 6) is 0.842. The van der Waals surface area contributed by atoms with Gasteiger partial charge in [-0.25, -0.2) is 4.68 Å². The molecule has 2 aromatic carbocycles. The minimum absolute atomic E-state index is 0.0339. The molecule has 0 unspecified atom stereocenters. The smallest absolute Gasteiger partial charge is 0.269 e. The fourth-order valence-corrected chi connectivity index (χ4v) is 4.18. The van der Waals surface area contributed by atoms with Gasteiger partial charge in [-0.3, -0.25) is 9.59 Å². The van der Waals surface area contributed by atoms with Crippen molar-refractivity contribution in [3.05, 3.63) is 88.3 Å². The standard InChI is InChI=1S/C26H30N4O3/c1-19(21-8-10-24(33-2)11-9-21)28-26(32)22-12-14-29(15-13-22)23-16-25(31)30(27-17-23)18-20-6-4-3-5-7-20/h3-11,16-17,19,22H,12-15,18H2,1-2H3,(H,28,32)/t19-/m1/s1. The molecule has 1 aliphatic heterocycles. The summed E-state index contributed by atoms with van der Waals surface area (Å²) in [5, 5.41) is 7.50. The first-order valence-electron chi connectivity index (χ1n) is 11.3. The predicted molar refractivity (Wildman–Crippen MR) is 129 cm³/mol. The van der Waals surface area contributed by atoms with E-state index >= 15 is 0 Å². The third kappa shape index (κ3) is 5.61. The molecule has 7 nitrogen and oxygen atoms in total. The number of aromatic nitrogens is 2. The number of hydrogen-bond acceptors (Lipinski definition) is 5. The molecule has 1 aromatic heterocycles. The molecule has 1 atom stereocenters. The first-order chi connectivity index (χ1) is 16.0. The third-order valence-corrected chi connectivity index (χ3v) is 6.24. The van der Waals surface area contributed by atoms with Crippen molar-refractivity contribution < 1.29 is 9.53 Å². The highest BCUT2D eigenvalue weighted by atomic mass is 16.5. The molecule has 33 heavy (non-hydrogen) atoms. The molecule has 0 saturated carbocycles. The number of benzene rings is 2. The predicted octanol–water partition coefficient (Wildman–Crippen LogP) is 3.39. The molecule has 3 aromatic rings. The van der Waals surface area contributed by atoms with Crippen molar-refractivity contribution in [2.45, 2.75) is 32.4 Å². The summed E-state index contributed by atoms with van der Waals surface area (Å²) in [5.41, 5.74) is 2.78. The molecule has 1 fully saturated rings. The van der Waals surface area contributed by atoms with Crippen LogP contribution in [-0.2, 0) is 11.3 Å². The molecule has 1 amide bonds. The van der Waals surface area contributed by atoms with Gasteiger partial charge in [0.05, 0.1) is 31.6 Å². The Morgan fingerprint density at radius 2 is 1.82 bits per heavy atom. The maximum Gasteiger partial charge on any atom is 0.269 e. The van der Waals surface area contributed by atoms with Gasteiger partial charge in [-0.2, -0.15) is 5.10 Å². The van der Waals surface area contributed by atoms with Gasteiger partial charge in [-0.05, 0) is 43.0 Å². The van der Waals surface area contributed by atoms with E-state index < -0.39 is 0 Å². The lowest BCUT2D eigenvalue weighted by Crippen LogP contribution is -2.41. The van der Waals surface area contributed by atoms with E-state index in [1.54, 1.807) is 19.4 Å². The number of piperidine rings is 1. The minimum Gasteiger partial charge on any atom is -0.497 e. The number of carbonyl (C=O) groups excluding carboxylic acids is 1. The van der Waals surface area contributed by atoms with E-state index in [-0.39, 0.29) is 23.4 Å². The normalized spacial score (nSPS) is 15.2. The monoisotopic (exact) mass is 446 g/mol. The Bertz CT molecular complexity index is 1120. The molecular weight excluding hydrogens is 416 g/mol. The summed E-state index contributed by atoms with van der Waals surface area (Å²) >= 11 is 0. The van der Waals surface area contributed by atoms with E-state index in [0.717, 1.165) is 48.5 Å². The zero-order valence-electron chi connectivity index (χ0n) is 19.1. The fourth-order valence-electron chi connectivity index (χ4n) is 4.18. The topological polar surface area (TPSA) is 76.5 Å². The number of nitrogens with one attached hydrogen (secondary N) is 1. The van der Waals surface area contributed by atoms with Gasteiger partial charge in [0.1, 0.15) is 5.75 Å². The summed E-state index contributed by atoms with van der Waals surface area (Å²) in [6, 6.07) is 19.1. The Labute approximate surface area is 194 Å². The van der Waals surface area contributed by atoms with E-state index in [4.69, 9.17) is 4.74 Å². The molecule has 1 saturated heterocycles. The van der Waals surface area contributed by atoms with Crippen LogP contribution in [0.1, 0.15) is 36.9 Å². The van der Waals surface area contributed by atoms with Crippen LogP contribution >= 0.6 is 0 Å². The second-order valence-electron chi connectivity index (χ2n) is 8.46. The van der Waals surface area contributed by atoms with Crippen molar-refractivity contribution in [2.24, 2.45) is 5.92 Å². The summed E-state index contributed by atoms with van der Waals surface area (Å²) in [7, 11) is 1.64. The number of carbonyl (C=O) groups is 1. The first kappa shape index (κ1) is 22.6. The Balaban J connectivity index is 1.31. The third-order valence-electron chi connectivity index (χ3n) is 6.24. The number of ether oxygens (including phenoxy) is 1. The Kier molecular flexibility index (Phi) is 7.07. The molecule has 2 heterocycles. The van der Waals surface area contributed by atoms with Crippen LogP contribution in [0.2, 0.25) is 0 Å². The van der Waals surface area contributed by atoms with Crippen molar-refractivity contribution in [1.29, 1.82) is 0 Å². The number of amides is 1. The van der Waals surface area contributed by atoms with Gasteiger partial charge in [-0.1, -0.05) is 42.5 Å². The number of methoxy groups -OCH3 is 1. The lowest BCUT2D eigenvalue weighted by Gasteiger charge is -2.33. The van der Waals surface area contributed by atoms with Gasteiger partial charge >= 0.3 is 0 Å². The molecule has 0 spiro atoms. The second kappa shape index (κ2) is 10.3. The van der Waals surface area contributed by atoms with Crippen LogP contribution in [0.5, 0.6) is 5.75 Å². The number of anilines is 1. The fraction of sp³-hybridized carbons (Fsp3) is 0.346. The van der Waals surface area contributed by atoms with Crippen molar-refractivity contribution >= 4 is 11.6 Å². The molecule has 0 bridgehead atoms. The zero-order valence-corrected chi connectivity index (χ0v) is 19.1. The van der Waals surface area contributed by atoms with E-state index in [2.05, 4.69) is 15.3 Å². The van der Waals surface area contributed by atoms with Gasteiger partial charge in [0.25, 0.3) is 5.56 Å². The van der Waals surface area contributed by atoms with E-state index in [1.807, 2.05) is 61.5 Å². The average molecular weight is 447 g/mol. The van der Waals surface area contributed by atoms with Crippen molar-refractivity contribution in [3.8, 4) is 5.75 Å². The Hall–Kier alpha value is -3.61. The van der Waals surface area contributed by atoms with Crippen molar-refractivity contribution in [2.75, 3.05) is 25.1 Å². The SMILES string of the molecule is COc1ccc([C@@H](C)NC(=O)C2CCN(c3cnn(Cc4ccccc4)c(=O)c3)CC2)cc1. The molecule has 172 valence electrons. The highest BCUT2D eigenvalue weighted by Gasteiger charge is 2.26. The van der Waals surface area contributed by atoms with Crippen LogP contribution in [0.4, 0.5) is 5.69 Å². The van der Waals surface area contributed by atoms with E-state index in [9.17, 15) is 9.59 Å². The molecule has 4 rings (SSSR count). The van der Waals surface area contributed by atoms with Crippen LogP contribution in [0.15, 0.2) is 71.7 Å². The number of rotatable bonds is 7. The molecule has 7 heteroatoms. The summed E-state index contributed by atoms with van der Waals surface area (Å²) in [4.78, 5) is 27.5. The van der Waals surface area contributed by atoms with Gasteiger partial charge in [-0.15, -0.1) is 0 Å². The highest BCUT2D eigenvalue weighted by Crippen LogP contribution is 2.24. The molecule has 1 N–H and O–H groups in total. The lowest BCUT2D eigenvalue weighted by molar-refractivity contribution is -0.126. The van der Waals surface area contributed by atoms with Crippen molar-refractivity contribution in [3.63, 3.8) is 0 Å². The first-order valence-corrected chi connectivity index (χ1v) is 11.3. The highest BCUT2D eigenvalue weighted by molar-refractivity contribution is 5.79. The maximum atomic E-state index is 12.8. The van der Waals surface area contributed by atoms with Crippen LogP contribution in [0.3, 0.4) is 0 Å².